The number of halogens is 6. The van der Waals surface area contributed by atoms with Gasteiger partial charge in [0.15, 0.2) is 6.10 Å². The van der Waals surface area contributed by atoms with E-state index in [1.807, 2.05) is 13.8 Å². The minimum atomic E-state index is -4.72. The smallest absolute Gasteiger partial charge is 0.393 e. The summed E-state index contributed by atoms with van der Waals surface area (Å²) in [6, 6.07) is 0. The monoisotopic (exact) mass is 456 g/mol. The minimum Gasteiger partial charge on any atom is -0.393 e. The number of allylic oxidation sites excluding steroid dienone is 4. The molecule has 3 nitrogen and oxygen atoms in total. The number of unbranched alkanes of at least 4 members (excludes halogenated alkanes) is 1. The molecule has 1 unspecified atom stereocenters. The van der Waals surface area contributed by atoms with Gasteiger partial charge in [-0.25, -0.2) is 0 Å². The fraction of sp³-hybridized carbons (Fsp3) is 0.636. The van der Waals surface area contributed by atoms with E-state index in [1.165, 1.54) is 12.2 Å². The third-order valence-electron chi connectivity index (χ3n) is 5.19. The van der Waals surface area contributed by atoms with Crippen molar-refractivity contribution in [2.24, 2.45) is 5.41 Å². The Hall–Kier alpha value is -1.58. The van der Waals surface area contributed by atoms with Gasteiger partial charge in [-0.1, -0.05) is 44.7 Å². The first-order valence-corrected chi connectivity index (χ1v) is 9.98. The number of rotatable bonds is 8. The predicted octanol–water partition coefficient (Wildman–Crippen LogP) is 5.54. The Morgan fingerprint density at radius 1 is 1.13 bits per heavy atom. The van der Waals surface area contributed by atoms with Crippen molar-refractivity contribution in [1.82, 2.24) is 0 Å². The molecule has 1 aliphatic rings. The summed E-state index contributed by atoms with van der Waals surface area (Å²) in [6.45, 7) is 7.17. The van der Waals surface area contributed by atoms with Crippen molar-refractivity contribution in [2.45, 2.75) is 83.0 Å². The highest BCUT2D eigenvalue weighted by Gasteiger charge is 2.38. The predicted molar refractivity (Wildman–Crippen MR) is 106 cm³/mol. The third kappa shape index (κ3) is 9.21. The number of hydrogen-bond acceptors (Lipinski definition) is 3. The average molecular weight is 456 g/mol. The standard InChI is InChI=1S/C22H30F6O3/c1-14-16(12-15(29)13-18(14)30)17(21(23,24)25)8-5-4-6-10-20(2,3)11-7-9-19(31)22(26,27)28/h5,7-9,15,18-19,29-31H,1,4,6,10-13H2,2-3H3/t15-,18+,19?/m1/s1. The molecular weight excluding hydrogens is 426 g/mol. The van der Waals surface area contributed by atoms with Gasteiger partial charge in [-0.2, -0.15) is 26.3 Å². The minimum absolute atomic E-state index is 0.0451. The van der Waals surface area contributed by atoms with Gasteiger partial charge in [0.05, 0.1) is 17.8 Å². The molecule has 0 heterocycles. The molecule has 0 aromatic carbocycles. The molecule has 178 valence electrons. The van der Waals surface area contributed by atoms with Gasteiger partial charge >= 0.3 is 12.4 Å². The highest BCUT2D eigenvalue weighted by molar-refractivity contribution is 5.45. The molecule has 1 aliphatic carbocycles. The summed E-state index contributed by atoms with van der Waals surface area (Å²) >= 11 is 0. The number of aliphatic hydroxyl groups excluding tert-OH is 3. The summed E-state index contributed by atoms with van der Waals surface area (Å²) in [5.74, 6) is 0. The first-order chi connectivity index (χ1) is 14.0. The van der Waals surface area contributed by atoms with Crippen LogP contribution in [-0.2, 0) is 0 Å². The molecule has 3 atom stereocenters. The van der Waals surface area contributed by atoms with Crippen molar-refractivity contribution in [2.75, 3.05) is 0 Å². The first kappa shape index (κ1) is 27.5. The van der Waals surface area contributed by atoms with Crippen molar-refractivity contribution < 1.29 is 41.7 Å². The average Bonchev–Trinajstić information content (AvgIpc) is 2.59. The Bertz CT molecular complexity index is 701. The van der Waals surface area contributed by atoms with Crippen LogP contribution in [0.15, 0.2) is 47.6 Å². The maximum absolute atomic E-state index is 13.5. The van der Waals surface area contributed by atoms with E-state index in [0.717, 1.165) is 6.08 Å². The van der Waals surface area contributed by atoms with Crippen molar-refractivity contribution in [3.8, 4) is 0 Å². The lowest BCUT2D eigenvalue weighted by Gasteiger charge is -2.29. The van der Waals surface area contributed by atoms with E-state index in [9.17, 15) is 36.6 Å². The maximum Gasteiger partial charge on any atom is 0.417 e. The van der Waals surface area contributed by atoms with Gasteiger partial charge in [0.25, 0.3) is 0 Å². The van der Waals surface area contributed by atoms with Gasteiger partial charge in [-0.05, 0) is 48.7 Å². The molecule has 9 heteroatoms. The summed E-state index contributed by atoms with van der Waals surface area (Å²) in [5, 5.41) is 28.5. The van der Waals surface area contributed by atoms with Crippen LogP contribution in [0.1, 0.15) is 52.4 Å². The highest BCUT2D eigenvalue weighted by Crippen LogP contribution is 2.38. The summed E-state index contributed by atoms with van der Waals surface area (Å²) in [7, 11) is 0. The molecule has 1 fully saturated rings. The van der Waals surface area contributed by atoms with Crippen LogP contribution < -0.4 is 0 Å². The number of aliphatic hydroxyl groups is 3. The SMILES string of the molecule is C=C1C(=C(C=CCCCC(C)(C)CC=CC(O)C(F)(F)F)C(F)(F)F)C[C@@H](O)C[C@@H]1O. The lowest BCUT2D eigenvalue weighted by Crippen LogP contribution is -2.29. The molecule has 0 aliphatic heterocycles. The summed E-state index contributed by atoms with van der Waals surface area (Å²) < 4.78 is 77.3. The lowest BCUT2D eigenvalue weighted by atomic mass is 9.82. The fourth-order valence-corrected chi connectivity index (χ4v) is 3.33. The second-order valence-electron chi connectivity index (χ2n) is 8.60. The zero-order chi connectivity index (χ0) is 24.0. The molecule has 1 rings (SSSR count). The fourth-order valence-electron chi connectivity index (χ4n) is 3.33. The normalized spacial score (nSPS) is 24.3. The van der Waals surface area contributed by atoms with Crippen LogP contribution >= 0.6 is 0 Å². The summed E-state index contributed by atoms with van der Waals surface area (Å²) in [6.07, 6.45) is -8.65. The first-order valence-electron chi connectivity index (χ1n) is 9.98. The van der Waals surface area contributed by atoms with E-state index in [4.69, 9.17) is 5.11 Å². The van der Waals surface area contributed by atoms with Gasteiger partial charge in [0, 0.05) is 6.42 Å². The topological polar surface area (TPSA) is 60.7 Å². The van der Waals surface area contributed by atoms with E-state index in [-0.39, 0.29) is 30.4 Å². The number of hydrogen-bond donors (Lipinski definition) is 3. The lowest BCUT2D eigenvalue weighted by molar-refractivity contribution is -0.187. The largest absolute Gasteiger partial charge is 0.417 e. The van der Waals surface area contributed by atoms with E-state index in [1.54, 1.807) is 0 Å². The van der Waals surface area contributed by atoms with Gasteiger partial charge in [-0.3, -0.25) is 0 Å². The van der Waals surface area contributed by atoms with Crippen LogP contribution in [0.5, 0.6) is 0 Å². The van der Waals surface area contributed by atoms with Crippen LogP contribution in [0, 0.1) is 5.41 Å². The highest BCUT2D eigenvalue weighted by atomic mass is 19.4. The van der Waals surface area contributed by atoms with Gasteiger partial charge < -0.3 is 15.3 Å². The molecule has 0 aromatic rings. The molecule has 3 N–H and O–H groups in total. The molecule has 1 saturated carbocycles. The Morgan fingerprint density at radius 3 is 2.29 bits per heavy atom. The van der Waals surface area contributed by atoms with Crippen molar-refractivity contribution >= 4 is 0 Å². The Morgan fingerprint density at radius 2 is 1.74 bits per heavy atom. The molecule has 0 saturated heterocycles. The van der Waals surface area contributed by atoms with Crippen LogP contribution in [0.3, 0.4) is 0 Å². The van der Waals surface area contributed by atoms with Crippen LogP contribution in [0.4, 0.5) is 26.3 Å². The quantitative estimate of drug-likeness (QED) is 0.255. The zero-order valence-corrected chi connectivity index (χ0v) is 17.6. The summed E-state index contributed by atoms with van der Waals surface area (Å²) in [4.78, 5) is 0. The van der Waals surface area contributed by atoms with Gasteiger partial charge in [-0.15, -0.1) is 0 Å². The second kappa shape index (κ2) is 10.8. The van der Waals surface area contributed by atoms with Crippen LogP contribution in [-0.4, -0.2) is 46.0 Å². The van der Waals surface area contributed by atoms with E-state index in [0.29, 0.717) is 25.3 Å². The van der Waals surface area contributed by atoms with Gasteiger partial charge in [0.1, 0.15) is 0 Å². The van der Waals surface area contributed by atoms with Crippen molar-refractivity contribution in [3.05, 3.63) is 47.6 Å². The maximum atomic E-state index is 13.5. The zero-order valence-electron chi connectivity index (χ0n) is 17.6. The molecular formula is C22H30F6O3. The summed E-state index contributed by atoms with van der Waals surface area (Å²) in [5.41, 5.74) is -1.59. The van der Waals surface area contributed by atoms with E-state index >= 15 is 0 Å². The Balaban J connectivity index is 2.71. The molecule has 0 spiro atoms. The molecule has 0 aromatic heterocycles. The number of alkyl halides is 6. The second-order valence-corrected chi connectivity index (χ2v) is 8.60. The van der Waals surface area contributed by atoms with Crippen LogP contribution in [0.2, 0.25) is 0 Å². The Kier molecular flexibility index (Phi) is 9.59. The van der Waals surface area contributed by atoms with Gasteiger partial charge in [0.2, 0.25) is 0 Å². The van der Waals surface area contributed by atoms with E-state index < -0.39 is 41.7 Å². The molecule has 0 amide bonds. The molecule has 31 heavy (non-hydrogen) atoms. The van der Waals surface area contributed by atoms with Crippen LogP contribution in [0.25, 0.3) is 0 Å². The molecule has 0 bridgehead atoms. The Labute approximate surface area is 178 Å². The van der Waals surface area contributed by atoms with E-state index in [2.05, 4.69) is 6.58 Å². The van der Waals surface area contributed by atoms with Crippen molar-refractivity contribution in [1.29, 1.82) is 0 Å². The molecule has 0 radical (unpaired) electrons. The van der Waals surface area contributed by atoms with Crippen molar-refractivity contribution in [3.63, 3.8) is 0 Å². The third-order valence-corrected chi connectivity index (χ3v) is 5.19.